The van der Waals surface area contributed by atoms with Crippen molar-refractivity contribution in [3.05, 3.63) is 71.8 Å². The van der Waals surface area contributed by atoms with E-state index in [2.05, 4.69) is 37.0 Å². The fourth-order valence-electron chi connectivity index (χ4n) is 5.10. The lowest BCUT2D eigenvalue weighted by Gasteiger charge is -2.43. The van der Waals surface area contributed by atoms with E-state index < -0.39 is 6.10 Å². The van der Waals surface area contributed by atoms with Gasteiger partial charge in [0.1, 0.15) is 5.78 Å². The minimum absolute atomic E-state index is 0.0824. The highest BCUT2D eigenvalue weighted by molar-refractivity contribution is 5.75. The minimum atomic E-state index is -0.457. The number of hydrogen-bond acceptors (Lipinski definition) is 2. The van der Waals surface area contributed by atoms with Crippen LogP contribution < -0.4 is 0 Å². The van der Waals surface area contributed by atoms with E-state index in [1.807, 2.05) is 42.5 Å². The third-order valence-corrected chi connectivity index (χ3v) is 7.54. The SMILES string of the molecule is CC(=O)CCC/C=C1\CCCCC1(C)/C=C/C=C/C(O)C1(CC#Cc2ccccc2)CCC1. The number of aliphatic hydroxyl groups is 1. The maximum Gasteiger partial charge on any atom is 0.129 e. The van der Waals surface area contributed by atoms with Gasteiger partial charge < -0.3 is 9.90 Å². The molecule has 2 nitrogen and oxygen atoms in total. The molecule has 1 N–H and O–H groups in total. The number of unbranched alkanes of at least 4 members (excludes halogenated alkanes) is 1. The second-order valence-electron chi connectivity index (χ2n) is 10.2. The zero-order chi connectivity index (χ0) is 23.6. The van der Waals surface area contributed by atoms with Crippen LogP contribution in [-0.4, -0.2) is 17.0 Å². The monoisotopic (exact) mass is 444 g/mol. The molecule has 0 aliphatic heterocycles. The summed E-state index contributed by atoms with van der Waals surface area (Å²) >= 11 is 0. The summed E-state index contributed by atoms with van der Waals surface area (Å²) in [6, 6.07) is 10.1. The van der Waals surface area contributed by atoms with Gasteiger partial charge in [0.2, 0.25) is 0 Å². The lowest BCUT2D eigenvalue weighted by atomic mass is 9.63. The van der Waals surface area contributed by atoms with Gasteiger partial charge in [-0.3, -0.25) is 0 Å². The molecular weight excluding hydrogens is 404 g/mol. The van der Waals surface area contributed by atoms with Gasteiger partial charge in [-0.05, 0) is 64.0 Å². The highest BCUT2D eigenvalue weighted by atomic mass is 16.3. The molecule has 33 heavy (non-hydrogen) atoms. The molecular formula is C31H40O2. The van der Waals surface area contributed by atoms with Crippen LogP contribution >= 0.6 is 0 Å². The van der Waals surface area contributed by atoms with E-state index in [0.717, 1.165) is 50.5 Å². The maximum absolute atomic E-state index is 11.2. The lowest BCUT2D eigenvalue weighted by molar-refractivity contribution is -0.117. The van der Waals surface area contributed by atoms with Crippen molar-refractivity contribution in [2.24, 2.45) is 10.8 Å². The van der Waals surface area contributed by atoms with Crippen molar-refractivity contribution in [2.75, 3.05) is 0 Å². The first-order valence-corrected chi connectivity index (χ1v) is 12.7. The molecule has 176 valence electrons. The third kappa shape index (κ3) is 7.31. The van der Waals surface area contributed by atoms with E-state index in [4.69, 9.17) is 0 Å². The summed E-state index contributed by atoms with van der Waals surface area (Å²) in [5.74, 6) is 6.84. The van der Waals surface area contributed by atoms with Crippen LogP contribution in [0.2, 0.25) is 0 Å². The van der Waals surface area contributed by atoms with E-state index in [-0.39, 0.29) is 16.6 Å². The first kappa shape index (κ1) is 25.3. The number of carbonyl (C=O) groups is 1. The summed E-state index contributed by atoms with van der Waals surface area (Å²) in [6.07, 6.45) is 21.8. The highest BCUT2D eigenvalue weighted by Crippen LogP contribution is 2.47. The zero-order valence-electron chi connectivity index (χ0n) is 20.5. The van der Waals surface area contributed by atoms with Crippen LogP contribution in [0.3, 0.4) is 0 Å². The Morgan fingerprint density at radius 1 is 1.12 bits per heavy atom. The van der Waals surface area contributed by atoms with Crippen molar-refractivity contribution in [2.45, 2.75) is 90.6 Å². The van der Waals surface area contributed by atoms with Crippen LogP contribution in [0.1, 0.15) is 90.0 Å². The number of carbonyl (C=O) groups excluding carboxylic acids is 1. The number of ketones is 1. The molecule has 0 bridgehead atoms. The average Bonchev–Trinajstić information content (AvgIpc) is 2.77. The molecule has 1 aromatic carbocycles. The fourth-order valence-corrected chi connectivity index (χ4v) is 5.10. The van der Waals surface area contributed by atoms with Gasteiger partial charge >= 0.3 is 0 Å². The summed E-state index contributed by atoms with van der Waals surface area (Å²) in [5, 5.41) is 10.9. The largest absolute Gasteiger partial charge is 0.388 e. The number of Topliss-reactive ketones (excluding diaryl/α,β-unsaturated/α-hetero) is 1. The molecule has 2 fully saturated rings. The van der Waals surface area contributed by atoms with Gasteiger partial charge in [-0.25, -0.2) is 0 Å². The second kappa shape index (κ2) is 12.2. The molecule has 3 rings (SSSR count). The molecule has 2 saturated carbocycles. The van der Waals surface area contributed by atoms with Crippen molar-refractivity contribution in [1.29, 1.82) is 0 Å². The number of rotatable bonds is 9. The standard InChI is InChI=1S/C31H40O2/c1-26(32)14-6-7-18-28-19-8-10-21-30(28,2)22-11-9-20-29(33)31(24-13-25-31)23-12-17-27-15-4-3-5-16-27/h3-5,9,11,15-16,18,20,22,29,33H,6-8,10,13-14,19,21,23-25H2,1-2H3/b20-9+,22-11+,28-18+. The van der Waals surface area contributed by atoms with E-state index in [1.165, 1.54) is 24.8 Å². The quantitative estimate of drug-likeness (QED) is 0.187. The minimum Gasteiger partial charge on any atom is -0.388 e. The van der Waals surface area contributed by atoms with E-state index in [1.54, 1.807) is 6.92 Å². The number of aliphatic hydroxyl groups excluding tert-OH is 1. The summed E-state index contributed by atoms with van der Waals surface area (Å²) < 4.78 is 0. The third-order valence-electron chi connectivity index (χ3n) is 7.54. The summed E-state index contributed by atoms with van der Waals surface area (Å²) in [5.41, 5.74) is 2.53. The van der Waals surface area contributed by atoms with Gasteiger partial charge in [-0.1, -0.05) is 85.8 Å². The van der Waals surface area contributed by atoms with Gasteiger partial charge in [-0.15, -0.1) is 0 Å². The van der Waals surface area contributed by atoms with Crippen LogP contribution in [0.15, 0.2) is 66.3 Å². The van der Waals surface area contributed by atoms with Gasteiger partial charge in [0.25, 0.3) is 0 Å². The number of benzene rings is 1. The average molecular weight is 445 g/mol. The Morgan fingerprint density at radius 2 is 1.91 bits per heavy atom. The molecule has 0 radical (unpaired) electrons. The summed E-state index contributed by atoms with van der Waals surface area (Å²) in [7, 11) is 0. The summed E-state index contributed by atoms with van der Waals surface area (Å²) in [6.45, 7) is 4.00. The molecule has 2 aliphatic rings. The first-order chi connectivity index (χ1) is 15.9. The fraction of sp³-hybridized carbons (Fsp3) is 0.516. The van der Waals surface area contributed by atoms with Crippen LogP contribution in [0.4, 0.5) is 0 Å². The Morgan fingerprint density at radius 3 is 2.61 bits per heavy atom. The highest BCUT2D eigenvalue weighted by Gasteiger charge is 2.41. The van der Waals surface area contributed by atoms with Crippen LogP contribution in [0.25, 0.3) is 0 Å². The van der Waals surface area contributed by atoms with E-state index in [0.29, 0.717) is 6.42 Å². The van der Waals surface area contributed by atoms with Gasteiger partial charge in [0.05, 0.1) is 6.10 Å². The summed E-state index contributed by atoms with van der Waals surface area (Å²) in [4.78, 5) is 11.2. The maximum atomic E-state index is 11.2. The van der Waals surface area contributed by atoms with Crippen molar-refractivity contribution in [1.82, 2.24) is 0 Å². The van der Waals surface area contributed by atoms with Crippen molar-refractivity contribution >= 4 is 5.78 Å². The van der Waals surface area contributed by atoms with Gasteiger partial charge in [0.15, 0.2) is 0 Å². The first-order valence-electron chi connectivity index (χ1n) is 12.7. The normalized spacial score (nSPS) is 24.4. The Kier molecular flexibility index (Phi) is 9.33. The van der Waals surface area contributed by atoms with Crippen LogP contribution in [-0.2, 0) is 4.79 Å². The lowest BCUT2D eigenvalue weighted by Crippen LogP contribution is -2.40. The molecule has 0 heterocycles. The molecule has 2 aliphatic carbocycles. The second-order valence-corrected chi connectivity index (χ2v) is 10.2. The Labute approximate surface area is 200 Å². The van der Waals surface area contributed by atoms with E-state index >= 15 is 0 Å². The Bertz CT molecular complexity index is 921. The van der Waals surface area contributed by atoms with Gasteiger partial charge in [-0.2, -0.15) is 0 Å². The molecule has 0 aromatic heterocycles. The number of allylic oxidation sites excluding steroid dienone is 5. The predicted molar refractivity (Wildman–Crippen MR) is 138 cm³/mol. The molecule has 2 atom stereocenters. The van der Waals surface area contributed by atoms with Crippen LogP contribution in [0, 0.1) is 22.7 Å². The molecule has 0 spiro atoms. The van der Waals surface area contributed by atoms with Crippen molar-refractivity contribution in [3.8, 4) is 11.8 Å². The topological polar surface area (TPSA) is 37.3 Å². The zero-order valence-corrected chi connectivity index (χ0v) is 20.5. The molecule has 1 aromatic rings. The predicted octanol–water partition coefficient (Wildman–Crippen LogP) is 7.34. The van der Waals surface area contributed by atoms with E-state index in [9.17, 15) is 9.90 Å². The Hall–Kier alpha value is -2.37. The van der Waals surface area contributed by atoms with Crippen molar-refractivity contribution in [3.63, 3.8) is 0 Å². The molecule has 2 heteroatoms. The number of hydrogen-bond donors (Lipinski definition) is 1. The Balaban J connectivity index is 1.58. The van der Waals surface area contributed by atoms with Gasteiger partial charge in [0, 0.05) is 29.2 Å². The molecule has 0 saturated heterocycles. The molecule has 2 unspecified atom stereocenters. The smallest absolute Gasteiger partial charge is 0.129 e. The van der Waals surface area contributed by atoms with Crippen molar-refractivity contribution < 1.29 is 9.90 Å². The van der Waals surface area contributed by atoms with Crippen LogP contribution in [0.5, 0.6) is 0 Å². The molecule has 0 amide bonds.